The Morgan fingerprint density at radius 3 is 2.86 bits per heavy atom. The molecule has 2 rings (SSSR count). The van der Waals surface area contributed by atoms with Crippen molar-refractivity contribution in [2.24, 2.45) is 0 Å². The molecule has 1 aliphatic rings. The smallest absolute Gasteiger partial charge is 0.177 e. The molecule has 1 aromatic carbocycles. The second-order valence-corrected chi connectivity index (χ2v) is 5.59. The lowest BCUT2D eigenvalue weighted by Crippen LogP contribution is -2.26. The van der Waals surface area contributed by atoms with Gasteiger partial charge in [-0.25, -0.2) is 0 Å². The number of hydrogen-bond acceptors (Lipinski definition) is 2. The van der Waals surface area contributed by atoms with Crippen LogP contribution in [0.3, 0.4) is 0 Å². The van der Waals surface area contributed by atoms with Crippen LogP contribution in [-0.2, 0) is 11.4 Å². The van der Waals surface area contributed by atoms with Crippen LogP contribution in [0.15, 0.2) is 27.6 Å². The molecule has 1 fully saturated rings. The van der Waals surface area contributed by atoms with Gasteiger partial charge in [-0.05, 0) is 31.9 Å². The summed E-state index contributed by atoms with van der Waals surface area (Å²) in [5.74, 6) is 0. The third-order valence-corrected chi connectivity index (χ3v) is 4.52. The molecule has 0 heterocycles. The fourth-order valence-electron chi connectivity index (χ4n) is 1.20. The Balaban J connectivity index is 2.16. The van der Waals surface area contributed by atoms with E-state index in [2.05, 4.69) is 20.7 Å². The first-order valence-corrected chi connectivity index (χ1v) is 6.56. The van der Waals surface area contributed by atoms with Crippen molar-refractivity contribution in [1.29, 1.82) is 0 Å². The van der Waals surface area contributed by atoms with Crippen molar-refractivity contribution in [3.63, 3.8) is 0 Å². The molecule has 1 saturated carbocycles. The number of nitrogens with one attached hydrogen (secondary N) is 1. The van der Waals surface area contributed by atoms with Crippen molar-refractivity contribution in [2.45, 2.75) is 30.7 Å². The van der Waals surface area contributed by atoms with Crippen molar-refractivity contribution in [3.8, 4) is 0 Å². The first-order chi connectivity index (χ1) is 6.68. The summed E-state index contributed by atoms with van der Waals surface area (Å²) in [6.07, 6.45) is 2.30. The Kier molecular flexibility index (Phi) is 3.17. The van der Waals surface area contributed by atoms with E-state index in [9.17, 15) is 4.55 Å². The van der Waals surface area contributed by atoms with E-state index in [4.69, 9.17) is 0 Å². The van der Waals surface area contributed by atoms with Crippen molar-refractivity contribution in [3.05, 3.63) is 28.2 Å². The summed E-state index contributed by atoms with van der Waals surface area (Å²) < 4.78 is 16.0. The molecule has 76 valence electrons. The molecule has 0 amide bonds. The van der Waals surface area contributed by atoms with E-state index >= 15 is 0 Å². The van der Waals surface area contributed by atoms with E-state index < -0.39 is 11.4 Å². The minimum atomic E-state index is -1.05. The van der Waals surface area contributed by atoms with Crippen molar-refractivity contribution in [1.82, 2.24) is 4.72 Å². The van der Waals surface area contributed by atoms with E-state index in [0.29, 0.717) is 6.04 Å². The summed E-state index contributed by atoms with van der Waals surface area (Å²) in [6.45, 7) is 1.98. The lowest BCUT2D eigenvalue weighted by atomic mass is 10.2. The van der Waals surface area contributed by atoms with Crippen molar-refractivity contribution < 1.29 is 4.55 Å². The third-order valence-electron chi connectivity index (χ3n) is 2.27. The predicted octanol–water partition coefficient (Wildman–Crippen LogP) is 2.53. The van der Waals surface area contributed by atoms with Crippen LogP contribution in [0.4, 0.5) is 0 Å². The molecule has 0 radical (unpaired) electrons. The van der Waals surface area contributed by atoms with Gasteiger partial charge in [-0.3, -0.25) is 0 Å². The van der Waals surface area contributed by atoms with Crippen LogP contribution in [0.1, 0.15) is 18.4 Å². The highest BCUT2D eigenvalue weighted by Crippen LogP contribution is 2.26. The normalized spacial score (nSPS) is 18.2. The highest BCUT2D eigenvalue weighted by atomic mass is 79.9. The molecular formula is C10H12BrNOS. The minimum absolute atomic E-state index is 0.467. The lowest BCUT2D eigenvalue weighted by molar-refractivity contribution is 0.579. The maximum Gasteiger partial charge on any atom is 0.177 e. The highest BCUT2D eigenvalue weighted by molar-refractivity contribution is 9.10. The standard InChI is InChI=1S/C10H12BrNOS/c1-7-9(11)3-2-4-10(7)14(13)12-8-5-6-8/h2-4,8,12H,5-6H2,1H3. The first-order valence-electron chi connectivity index (χ1n) is 4.61. The van der Waals surface area contributed by atoms with Gasteiger partial charge in [-0.1, -0.05) is 22.0 Å². The van der Waals surface area contributed by atoms with Gasteiger partial charge in [-0.2, -0.15) is 0 Å². The maximum atomic E-state index is 11.8. The molecular weight excluding hydrogens is 262 g/mol. The highest BCUT2D eigenvalue weighted by Gasteiger charge is 2.28. The number of halogens is 1. The Labute approximate surface area is 95.5 Å². The SMILES string of the molecule is Cc1c(Br)cccc1[S+]([O-])NC1CC1. The lowest BCUT2D eigenvalue weighted by Gasteiger charge is -2.12. The average molecular weight is 274 g/mol. The molecule has 1 atom stereocenters. The summed E-state index contributed by atoms with van der Waals surface area (Å²) in [5, 5.41) is 0. The monoisotopic (exact) mass is 273 g/mol. The van der Waals surface area contributed by atoms with E-state index in [-0.39, 0.29) is 0 Å². The summed E-state index contributed by atoms with van der Waals surface area (Å²) >= 11 is 2.38. The van der Waals surface area contributed by atoms with Gasteiger partial charge in [0.05, 0.1) is 17.4 Å². The summed E-state index contributed by atoms with van der Waals surface area (Å²) in [4.78, 5) is 0.881. The first kappa shape index (κ1) is 10.5. The van der Waals surface area contributed by atoms with Gasteiger partial charge in [-0.15, -0.1) is 4.72 Å². The zero-order chi connectivity index (χ0) is 10.1. The zero-order valence-corrected chi connectivity index (χ0v) is 10.3. The second-order valence-electron chi connectivity index (χ2n) is 3.52. The van der Waals surface area contributed by atoms with Crippen LogP contribution in [-0.4, -0.2) is 10.6 Å². The Bertz CT molecular complexity index is 341. The van der Waals surface area contributed by atoms with Gasteiger partial charge < -0.3 is 4.55 Å². The van der Waals surface area contributed by atoms with Gasteiger partial charge in [0.2, 0.25) is 0 Å². The molecule has 1 unspecified atom stereocenters. The largest absolute Gasteiger partial charge is 0.593 e. The molecule has 2 nitrogen and oxygen atoms in total. The van der Waals surface area contributed by atoms with E-state index in [1.165, 1.54) is 0 Å². The van der Waals surface area contributed by atoms with Crippen LogP contribution in [0, 0.1) is 6.92 Å². The summed E-state index contributed by atoms with van der Waals surface area (Å²) in [6, 6.07) is 6.26. The molecule has 0 spiro atoms. The van der Waals surface area contributed by atoms with Crippen LogP contribution in [0.5, 0.6) is 0 Å². The number of rotatable bonds is 3. The molecule has 1 aliphatic carbocycles. The van der Waals surface area contributed by atoms with Crippen molar-refractivity contribution in [2.75, 3.05) is 0 Å². The second kappa shape index (κ2) is 4.23. The van der Waals surface area contributed by atoms with Gasteiger partial charge in [0.1, 0.15) is 0 Å². The van der Waals surface area contributed by atoms with Gasteiger partial charge in [0, 0.05) is 10.0 Å². The number of hydrogen-bond donors (Lipinski definition) is 1. The summed E-state index contributed by atoms with van der Waals surface area (Å²) in [7, 11) is 0. The van der Waals surface area contributed by atoms with Crippen LogP contribution in [0.2, 0.25) is 0 Å². The molecule has 0 bridgehead atoms. The molecule has 1 aromatic rings. The molecule has 4 heteroatoms. The van der Waals surface area contributed by atoms with Gasteiger partial charge in [0.15, 0.2) is 4.90 Å². The predicted molar refractivity (Wildman–Crippen MR) is 61.4 cm³/mol. The summed E-state index contributed by atoms with van der Waals surface area (Å²) in [5.41, 5.74) is 1.05. The minimum Gasteiger partial charge on any atom is -0.593 e. The van der Waals surface area contributed by atoms with Gasteiger partial charge in [0.25, 0.3) is 0 Å². The molecule has 0 saturated heterocycles. The maximum absolute atomic E-state index is 11.8. The molecule has 14 heavy (non-hydrogen) atoms. The van der Waals surface area contributed by atoms with Gasteiger partial charge >= 0.3 is 0 Å². The topological polar surface area (TPSA) is 35.1 Å². The van der Waals surface area contributed by atoms with E-state index in [0.717, 1.165) is 27.8 Å². The molecule has 0 aromatic heterocycles. The Morgan fingerprint density at radius 1 is 1.50 bits per heavy atom. The zero-order valence-electron chi connectivity index (χ0n) is 7.92. The fraction of sp³-hybridized carbons (Fsp3) is 0.400. The fourth-order valence-corrected chi connectivity index (χ4v) is 2.96. The quantitative estimate of drug-likeness (QED) is 0.860. The number of benzene rings is 1. The molecule has 1 N–H and O–H groups in total. The van der Waals surface area contributed by atoms with Crippen LogP contribution >= 0.6 is 15.9 Å². The Morgan fingerprint density at radius 2 is 2.21 bits per heavy atom. The van der Waals surface area contributed by atoms with E-state index in [1.807, 2.05) is 25.1 Å². The van der Waals surface area contributed by atoms with Crippen LogP contribution < -0.4 is 4.72 Å². The average Bonchev–Trinajstić information content (AvgIpc) is 2.93. The Hall–Kier alpha value is -0.0300. The van der Waals surface area contributed by atoms with E-state index in [1.54, 1.807) is 0 Å². The molecule has 0 aliphatic heterocycles. The van der Waals surface area contributed by atoms with Crippen molar-refractivity contribution >= 4 is 27.3 Å². The third kappa shape index (κ3) is 2.31. The van der Waals surface area contributed by atoms with Crippen LogP contribution in [0.25, 0.3) is 0 Å².